The number of nitrogens with zero attached hydrogens (tertiary/aromatic N) is 5. The molecule has 0 aliphatic heterocycles. The zero-order valence-corrected chi connectivity index (χ0v) is 16.1. The molecule has 0 bridgehead atoms. The van der Waals surface area contributed by atoms with Crippen LogP contribution in [0, 0.1) is 0 Å². The molecular weight excluding hydrogens is 378 g/mol. The number of amides is 1. The lowest BCUT2D eigenvalue weighted by molar-refractivity contribution is 0.102. The van der Waals surface area contributed by atoms with Crippen LogP contribution in [0.1, 0.15) is 29.4 Å². The first-order valence-electron chi connectivity index (χ1n) is 9.66. The molecule has 3 aromatic heterocycles. The van der Waals surface area contributed by atoms with Crippen LogP contribution < -0.4 is 11.1 Å². The first-order chi connectivity index (χ1) is 14.7. The molecule has 3 heterocycles. The van der Waals surface area contributed by atoms with Crippen LogP contribution in [0.2, 0.25) is 0 Å². The zero-order chi connectivity index (χ0) is 20.5. The summed E-state index contributed by atoms with van der Waals surface area (Å²) in [6, 6.07) is 15.2. The maximum Gasteiger partial charge on any atom is 0.274 e. The standard InChI is InChI=1S/C22H19N7O/c23-20-7-4-16(12-25-20)14-8-9-24-19(11-14)22(30)27-17-3-1-2-15(10-17)21-28-26-13-29(21)18-5-6-18/h1-4,7-13,18H,5-6H2,(H2,23,25)(H,27,30). The van der Waals surface area contributed by atoms with Gasteiger partial charge in [-0.25, -0.2) is 4.98 Å². The van der Waals surface area contributed by atoms with E-state index in [1.54, 1.807) is 30.9 Å². The molecule has 1 fully saturated rings. The van der Waals surface area contributed by atoms with Crippen LogP contribution in [0.3, 0.4) is 0 Å². The van der Waals surface area contributed by atoms with Crippen molar-refractivity contribution in [2.75, 3.05) is 11.1 Å². The van der Waals surface area contributed by atoms with E-state index in [1.165, 1.54) is 0 Å². The molecule has 30 heavy (non-hydrogen) atoms. The van der Waals surface area contributed by atoms with Crippen LogP contribution in [0.4, 0.5) is 11.5 Å². The lowest BCUT2D eigenvalue weighted by atomic mass is 10.1. The van der Waals surface area contributed by atoms with E-state index < -0.39 is 0 Å². The van der Waals surface area contributed by atoms with Gasteiger partial charge in [-0.15, -0.1) is 10.2 Å². The van der Waals surface area contributed by atoms with Gasteiger partial charge < -0.3 is 15.6 Å². The Morgan fingerprint density at radius 2 is 1.93 bits per heavy atom. The number of benzene rings is 1. The Bertz CT molecular complexity index is 1210. The molecule has 0 spiro atoms. The van der Waals surface area contributed by atoms with Gasteiger partial charge in [-0.3, -0.25) is 9.78 Å². The van der Waals surface area contributed by atoms with Gasteiger partial charge in [0.15, 0.2) is 5.82 Å². The molecule has 148 valence electrons. The van der Waals surface area contributed by atoms with Gasteiger partial charge in [-0.1, -0.05) is 12.1 Å². The highest BCUT2D eigenvalue weighted by molar-refractivity contribution is 6.03. The van der Waals surface area contributed by atoms with E-state index in [0.29, 0.717) is 23.2 Å². The molecule has 0 saturated heterocycles. The maximum atomic E-state index is 12.8. The predicted octanol–water partition coefficient (Wildman–Crippen LogP) is 3.57. The van der Waals surface area contributed by atoms with Gasteiger partial charge in [-0.2, -0.15) is 0 Å². The van der Waals surface area contributed by atoms with Crippen molar-refractivity contribution in [1.82, 2.24) is 24.7 Å². The van der Waals surface area contributed by atoms with Crippen LogP contribution in [-0.4, -0.2) is 30.6 Å². The molecule has 8 nitrogen and oxygen atoms in total. The minimum Gasteiger partial charge on any atom is -0.384 e. The van der Waals surface area contributed by atoms with E-state index in [1.807, 2.05) is 36.4 Å². The third-order valence-electron chi connectivity index (χ3n) is 5.00. The van der Waals surface area contributed by atoms with Gasteiger partial charge in [0.2, 0.25) is 0 Å². The summed E-state index contributed by atoms with van der Waals surface area (Å²) in [5.41, 5.74) is 9.25. The molecule has 4 aromatic rings. The first kappa shape index (κ1) is 18.0. The van der Waals surface area contributed by atoms with Crippen LogP contribution in [-0.2, 0) is 0 Å². The van der Waals surface area contributed by atoms with Crippen molar-refractivity contribution in [3.8, 4) is 22.5 Å². The SMILES string of the molecule is Nc1ccc(-c2ccnc(C(=O)Nc3cccc(-c4nncn4C4CC4)c3)c2)cn1. The molecular formula is C22H19N7O. The number of aromatic nitrogens is 5. The molecule has 3 N–H and O–H groups in total. The molecule has 8 heteroatoms. The molecule has 0 atom stereocenters. The molecule has 1 aliphatic rings. The van der Waals surface area contributed by atoms with Crippen LogP contribution in [0.5, 0.6) is 0 Å². The summed E-state index contributed by atoms with van der Waals surface area (Å²) in [6.07, 6.45) is 7.33. The van der Waals surface area contributed by atoms with E-state index in [4.69, 9.17) is 5.73 Å². The number of hydrogen-bond acceptors (Lipinski definition) is 6. The van der Waals surface area contributed by atoms with Gasteiger partial charge >= 0.3 is 0 Å². The largest absolute Gasteiger partial charge is 0.384 e. The smallest absolute Gasteiger partial charge is 0.274 e. The number of nitrogens with two attached hydrogens (primary N) is 1. The van der Waals surface area contributed by atoms with Crippen molar-refractivity contribution in [2.45, 2.75) is 18.9 Å². The molecule has 1 amide bonds. The van der Waals surface area contributed by atoms with Crippen molar-refractivity contribution >= 4 is 17.4 Å². The molecule has 1 aliphatic carbocycles. The fourth-order valence-corrected chi connectivity index (χ4v) is 3.31. The van der Waals surface area contributed by atoms with Crippen LogP contribution in [0.15, 0.2) is 67.3 Å². The zero-order valence-electron chi connectivity index (χ0n) is 16.1. The van der Waals surface area contributed by atoms with Crippen LogP contribution >= 0.6 is 0 Å². The summed E-state index contributed by atoms with van der Waals surface area (Å²) in [6.45, 7) is 0. The van der Waals surface area contributed by atoms with E-state index in [-0.39, 0.29) is 5.91 Å². The third-order valence-corrected chi connectivity index (χ3v) is 5.00. The molecule has 0 radical (unpaired) electrons. The molecule has 5 rings (SSSR count). The predicted molar refractivity (Wildman–Crippen MR) is 114 cm³/mol. The fraction of sp³-hybridized carbons (Fsp3) is 0.136. The summed E-state index contributed by atoms with van der Waals surface area (Å²) in [7, 11) is 0. The Hall–Kier alpha value is -4.07. The van der Waals surface area contributed by atoms with Gasteiger partial charge in [0.1, 0.15) is 17.8 Å². The van der Waals surface area contributed by atoms with Gasteiger partial charge in [0.25, 0.3) is 5.91 Å². The summed E-state index contributed by atoms with van der Waals surface area (Å²) in [5.74, 6) is 0.966. The highest BCUT2D eigenvalue weighted by Gasteiger charge is 2.26. The number of anilines is 2. The summed E-state index contributed by atoms with van der Waals surface area (Å²) in [4.78, 5) is 21.1. The lowest BCUT2D eigenvalue weighted by Crippen LogP contribution is -2.13. The Kier molecular flexibility index (Phi) is 4.44. The van der Waals surface area contributed by atoms with E-state index in [2.05, 4.69) is 30.0 Å². The number of pyridine rings is 2. The van der Waals surface area contributed by atoms with Crippen LogP contribution in [0.25, 0.3) is 22.5 Å². The number of rotatable bonds is 5. The summed E-state index contributed by atoms with van der Waals surface area (Å²) >= 11 is 0. The number of nitrogens with one attached hydrogen (secondary N) is 1. The monoisotopic (exact) mass is 397 g/mol. The Morgan fingerprint density at radius 3 is 2.73 bits per heavy atom. The van der Waals surface area contributed by atoms with Crippen molar-refractivity contribution < 1.29 is 4.79 Å². The Morgan fingerprint density at radius 1 is 1.03 bits per heavy atom. The van der Waals surface area contributed by atoms with Gasteiger partial charge in [-0.05, 0) is 54.8 Å². The maximum absolute atomic E-state index is 12.8. The second-order valence-corrected chi connectivity index (χ2v) is 7.23. The van der Waals surface area contributed by atoms with E-state index in [0.717, 1.165) is 35.4 Å². The van der Waals surface area contributed by atoms with Crippen molar-refractivity contribution in [3.05, 3.63) is 72.9 Å². The molecule has 0 unspecified atom stereocenters. The van der Waals surface area contributed by atoms with Crippen molar-refractivity contribution in [2.24, 2.45) is 0 Å². The summed E-state index contributed by atoms with van der Waals surface area (Å²) < 4.78 is 2.09. The second-order valence-electron chi connectivity index (χ2n) is 7.23. The second kappa shape index (κ2) is 7.40. The average Bonchev–Trinajstić information content (AvgIpc) is 3.50. The number of carbonyl (C=O) groups is 1. The Balaban J connectivity index is 1.37. The lowest BCUT2D eigenvalue weighted by Gasteiger charge is -2.09. The first-order valence-corrected chi connectivity index (χ1v) is 9.66. The highest BCUT2D eigenvalue weighted by Crippen LogP contribution is 2.37. The van der Waals surface area contributed by atoms with E-state index >= 15 is 0 Å². The molecule has 1 aromatic carbocycles. The fourth-order valence-electron chi connectivity index (χ4n) is 3.31. The Labute approximate surface area is 172 Å². The normalized spacial score (nSPS) is 13.2. The van der Waals surface area contributed by atoms with Gasteiger partial charge in [0.05, 0.1) is 0 Å². The quantitative estimate of drug-likeness (QED) is 0.532. The van der Waals surface area contributed by atoms with E-state index in [9.17, 15) is 4.79 Å². The molecule has 1 saturated carbocycles. The topological polar surface area (TPSA) is 112 Å². The summed E-state index contributed by atoms with van der Waals surface area (Å²) in [5, 5.41) is 11.2. The average molecular weight is 397 g/mol. The number of nitrogen functional groups attached to an aromatic ring is 1. The minimum atomic E-state index is -0.291. The van der Waals surface area contributed by atoms with Crippen molar-refractivity contribution in [1.29, 1.82) is 0 Å². The number of carbonyl (C=O) groups excluding carboxylic acids is 1. The highest BCUT2D eigenvalue weighted by atomic mass is 16.1. The minimum absolute atomic E-state index is 0.291. The number of hydrogen-bond donors (Lipinski definition) is 2. The van der Waals surface area contributed by atoms with Crippen molar-refractivity contribution in [3.63, 3.8) is 0 Å². The third kappa shape index (κ3) is 3.62. The van der Waals surface area contributed by atoms with Gasteiger partial charge in [0, 0.05) is 35.2 Å².